The van der Waals surface area contributed by atoms with Gasteiger partial charge in [0.1, 0.15) is 0 Å². The smallest absolute Gasteiger partial charge is 0.0898 e. The van der Waals surface area contributed by atoms with Crippen LogP contribution < -0.4 is 10.2 Å². The van der Waals surface area contributed by atoms with Crippen LogP contribution in [0.3, 0.4) is 0 Å². The lowest BCUT2D eigenvalue weighted by Crippen LogP contribution is -2.19. The molecule has 0 saturated heterocycles. The monoisotopic (exact) mass is 367 g/mol. The molecular formula is C16H22BrN3S. The summed E-state index contributed by atoms with van der Waals surface area (Å²) in [5, 5.41) is 6.68. The molecule has 1 unspecified atom stereocenters. The first-order valence-corrected chi connectivity index (χ1v) is 8.83. The molecule has 0 saturated carbocycles. The van der Waals surface area contributed by atoms with Crippen LogP contribution in [0.1, 0.15) is 36.2 Å². The van der Waals surface area contributed by atoms with Crippen molar-refractivity contribution in [2.24, 2.45) is 0 Å². The molecule has 5 heteroatoms. The van der Waals surface area contributed by atoms with Crippen molar-refractivity contribution in [3.05, 3.63) is 44.3 Å². The summed E-state index contributed by atoms with van der Waals surface area (Å²) >= 11 is 5.40. The highest BCUT2D eigenvalue weighted by molar-refractivity contribution is 9.10. The van der Waals surface area contributed by atoms with E-state index in [1.807, 2.05) is 6.92 Å². The maximum atomic E-state index is 4.53. The summed E-state index contributed by atoms with van der Waals surface area (Å²) in [6, 6.07) is 6.93. The van der Waals surface area contributed by atoms with Gasteiger partial charge < -0.3 is 10.2 Å². The Hall–Kier alpha value is -0.910. The normalized spacial score (nSPS) is 12.4. The average Bonchev–Trinajstić information content (AvgIpc) is 2.84. The highest BCUT2D eigenvalue weighted by Crippen LogP contribution is 2.29. The lowest BCUT2D eigenvalue weighted by Gasteiger charge is -2.21. The molecule has 2 aromatic rings. The number of aromatic nitrogens is 1. The second-order valence-electron chi connectivity index (χ2n) is 5.20. The van der Waals surface area contributed by atoms with Gasteiger partial charge in [0.15, 0.2) is 0 Å². The number of thiazole rings is 1. The maximum absolute atomic E-state index is 4.53. The number of hydrogen-bond donors (Lipinski definition) is 1. The van der Waals surface area contributed by atoms with Gasteiger partial charge in [0.2, 0.25) is 0 Å². The number of rotatable bonds is 6. The van der Waals surface area contributed by atoms with Crippen LogP contribution in [-0.4, -0.2) is 18.6 Å². The molecule has 0 radical (unpaired) electrons. The fraction of sp³-hybridized carbons (Fsp3) is 0.438. The van der Waals surface area contributed by atoms with Crippen LogP contribution in [0.4, 0.5) is 5.69 Å². The van der Waals surface area contributed by atoms with E-state index in [4.69, 9.17) is 0 Å². The van der Waals surface area contributed by atoms with Gasteiger partial charge in [0.05, 0.1) is 22.9 Å². The van der Waals surface area contributed by atoms with Crippen LogP contribution in [0.25, 0.3) is 0 Å². The fourth-order valence-corrected chi connectivity index (χ4v) is 3.64. The lowest BCUT2D eigenvalue weighted by atomic mass is 10.1. The predicted octanol–water partition coefficient (Wildman–Crippen LogP) is 4.52. The molecular weight excluding hydrogens is 346 g/mol. The number of anilines is 1. The van der Waals surface area contributed by atoms with Crippen molar-refractivity contribution < 1.29 is 0 Å². The van der Waals surface area contributed by atoms with E-state index in [2.05, 4.69) is 75.6 Å². The van der Waals surface area contributed by atoms with Crippen molar-refractivity contribution in [2.75, 3.05) is 18.5 Å². The lowest BCUT2D eigenvalue weighted by molar-refractivity contribution is 0.598. The van der Waals surface area contributed by atoms with Gasteiger partial charge >= 0.3 is 0 Å². The largest absolute Gasteiger partial charge is 0.368 e. The van der Waals surface area contributed by atoms with Gasteiger partial charge in [0.25, 0.3) is 0 Å². The molecule has 1 N–H and O–H groups in total. The van der Waals surface area contributed by atoms with Crippen molar-refractivity contribution in [1.82, 2.24) is 10.3 Å². The van der Waals surface area contributed by atoms with Crippen LogP contribution in [0.2, 0.25) is 0 Å². The van der Waals surface area contributed by atoms with Gasteiger partial charge in [-0.2, -0.15) is 0 Å². The number of halogens is 1. The Morgan fingerprint density at radius 1 is 1.43 bits per heavy atom. The molecule has 0 bridgehead atoms. The summed E-state index contributed by atoms with van der Waals surface area (Å²) in [7, 11) is 2.10. The number of nitrogens with zero attached hydrogens (tertiary/aromatic N) is 2. The third-order valence-electron chi connectivity index (χ3n) is 3.46. The first-order valence-electron chi connectivity index (χ1n) is 7.16. The molecule has 0 aliphatic heterocycles. The minimum Gasteiger partial charge on any atom is -0.368 e. The second-order valence-corrected chi connectivity index (χ2v) is 7.12. The van der Waals surface area contributed by atoms with Crippen molar-refractivity contribution in [3.8, 4) is 0 Å². The summed E-state index contributed by atoms with van der Waals surface area (Å²) in [5.41, 5.74) is 3.61. The maximum Gasteiger partial charge on any atom is 0.0898 e. The van der Waals surface area contributed by atoms with Crippen molar-refractivity contribution >= 4 is 33.0 Å². The first kappa shape index (κ1) is 16.5. The summed E-state index contributed by atoms with van der Waals surface area (Å²) in [5.74, 6) is 0. The molecule has 114 valence electrons. The van der Waals surface area contributed by atoms with E-state index < -0.39 is 0 Å². The molecule has 3 nitrogen and oxygen atoms in total. The Balaban J connectivity index is 2.12. The van der Waals surface area contributed by atoms with Gasteiger partial charge in [-0.3, -0.25) is 0 Å². The van der Waals surface area contributed by atoms with Crippen LogP contribution in [-0.2, 0) is 6.54 Å². The van der Waals surface area contributed by atoms with Crippen LogP contribution in [0, 0.1) is 6.92 Å². The molecule has 0 amide bonds. The Bertz CT molecular complexity index is 597. The van der Waals surface area contributed by atoms with Crippen molar-refractivity contribution in [3.63, 3.8) is 0 Å². The second kappa shape index (κ2) is 7.38. The van der Waals surface area contributed by atoms with E-state index in [0.29, 0.717) is 6.04 Å². The topological polar surface area (TPSA) is 28.2 Å². The molecule has 0 aliphatic rings. The number of aryl methyl sites for hydroxylation is 1. The highest BCUT2D eigenvalue weighted by Gasteiger charge is 2.11. The molecule has 0 fully saturated rings. The molecule has 2 rings (SSSR count). The van der Waals surface area contributed by atoms with Crippen LogP contribution in [0.5, 0.6) is 0 Å². The predicted molar refractivity (Wildman–Crippen MR) is 95.2 cm³/mol. The molecule has 1 atom stereocenters. The minimum absolute atomic E-state index is 0.367. The minimum atomic E-state index is 0.367. The van der Waals surface area contributed by atoms with E-state index in [1.54, 1.807) is 11.3 Å². The van der Waals surface area contributed by atoms with E-state index in [0.717, 1.165) is 28.3 Å². The van der Waals surface area contributed by atoms with Gasteiger partial charge in [0, 0.05) is 22.9 Å². The Morgan fingerprint density at radius 2 is 2.19 bits per heavy atom. The number of nitrogens with one attached hydrogen (secondary N) is 1. The average molecular weight is 368 g/mol. The van der Waals surface area contributed by atoms with Crippen molar-refractivity contribution in [1.29, 1.82) is 0 Å². The van der Waals surface area contributed by atoms with Gasteiger partial charge in [-0.05, 0) is 54.0 Å². The zero-order valence-corrected chi connectivity index (χ0v) is 15.4. The Labute approximate surface area is 139 Å². The van der Waals surface area contributed by atoms with Crippen molar-refractivity contribution in [2.45, 2.75) is 33.4 Å². The molecule has 0 aliphatic carbocycles. The molecule has 1 aromatic heterocycles. The quantitative estimate of drug-likeness (QED) is 0.813. The summed E-state index contributed by atoms with van der Waals surface area (Å²) in [4.78, 5) is 6.75. The molecule has 1 aromatic carbocycles. The zero-order chi connectivity index (χ0) is 15.4. The summed E-state index contributed by atoms with van der Waals surface area (Å²) in [6.07, 6.45) is 0. The third-order valence-corrected chi connectivity index (χ3v) is 4.92. The van der Waals surface area contributed by atoms with E-state index in [1.165, 1.54) is 11.3 Å². The Kier molecular flexibility index (Phi) is 5.79. The van der Waals surface area contributed by atoms with Gasteiger partial charge in [-0.25, -0.2) is 4.98 Å². The Morgan fingerprint density at radius 3 is 2.76 bits per heavy atom. The number of hydrogen-bond acceptors (Lipinski definition) is 4. The van der Waals surface area contributed by atoms with E-state index in [9.17, 15) is 0 Å². The third kappa shape index (κ3) is 4.28. The van der Waals surface area contributed by atoms with E-state index in [-0.39, 0.29) is 0 Å². The zero-order valence-electron chi connectivity index (χ0n) is 13.0. The van der Waals surface area contributed by atoms with Crippen LogP contribution in [0.15, 0.2) is 28.1 Å². The summed E-state index contributed by atoms with van der Waals surface area (Å²) in [6.45, 7) is 8.16. The molecule has 1 heterocycles. The standard InChI is InChI=1S/C16H22BrN3S/c1-5-18-11(2)13-6-7-16(15(17)8-13)20(4)9-14-10-21-12(3)19-14/h6-8,10-11,18H,5,9H2,1-4H3. The molecule has 0 spiro atoms. The summed E-state index contributed by atoms with van der Waals surface area (Å²) < 4.78 is 1.12. The SMILES string of the molecule is CCNC(C)c1ccc(N(C)Cc2csc(C)n2)c(Br)c1. The highest BCUT2D eigenvalue weighted by atomic mass is 79.9. The van der Waals surface area contributed by atoms with Gasteiger partial charge in [-0.1, -0.05) is 13.0 Å². The molecule has 21 heavy (non-hydrogen) atoms. The van der Waals surface area contributed by atoms with Crippen LogP contribution >= 0.6 is 27.3 Å². The fourth-order valence-electron chi connectivity index (χ4n) is 2.34. The number of benzene rings is 1. The first-order chi connectivity index (χ1) is 10.0. The van der Waals surface area contributed by atoms with E-state index >= 15 is 0 Å². The van der Waals surface area contributed by atoms with Gasteiger partial charge in [-0.15, -0.1) is 11.3 Å².